The minimum absolute atomic E-state index is 0.189. The number of rotatable bonds is 3. The third kappa shape index (κ3) is 3.01. The van der Waals surface area contributed by atoms with E-state index in [4.69, 9.17) is 16.3 Å². The maximum absolute atomic E-state index is 6.19. The molecule has 0 spiro atoms. The van der Waals surface area contributed by atoms with Gasteiger partial charge in [-0.1, -0.05) is 23.7 Å². The van der Waals surface area contributed by atoms with Crippen LogP contribution in [0.1, 0.15) is 30.1 Å². The minimum Gasteiger partial charge on any atom is -0.373 e. The van der Waals surface area contributed by atoms with Crippen molar-refractivity contribution >= 4 is 11.6 Å². The highest BCUT2D eigenvalue weighted by Crippen LogP contribution is 2.34. The van der Waals surface area contributed by atoms with E-state index in [2.05, 4.69) is 23.5 Å². The van der Waals surface area contributed by atoms with Crippen molar-refractivity contribution in [1.82, 2.24) is 5.32 Å². The molecule has 0 radical (unpaired) electrons. The van der Waals surface area contributed by atoms with Gasteiger partial charge in [0.2, 0.25) is 0 Å². The van der Waals surface area contributed by atoms with Crippen LogP contribution in [0.25, 0.3) is 0 Å². The second kappa shape index (κ2) is 5.85. The van der Waals surface area contributed by atoms with Gasteiger partial charge in [-0.25, -0.2) is 0 Å². The quantitative estimate of drug-likeness (QED) is 0.892. The Morgan fingerprint density at radius 2 is 2.29 bits per heavy atom. The van der Waals surface area contributed by atoms with E-state index in [0.29, 0.717) is 5.92 Å². The highest BCUT2D eigenvalue weighted by Gasteiger charge is 2.27. The lowest BCUT2D eigenvalue weighted by atomic mass is 9.89. The van der Waals surface area contributed by atoms with E-state index in [1.54, 1.807) is 0 Å². The first-order chi connectivity index (χ1) is 8.22. The molecule has 17 heavy (non-hydrogen) atoms. The van der Waals surface area contributed by atoms with Gasteiger partial charge >= 0.3 is 0 Å². The van der Waals surface area contributed by atoms with Crippen LogP contribution in [0.15, 0.2) is 18.2 Å². The van der Waals surface area contributed by atoms with Crippen LogP contribution in [0.3, 0.4) is 0 Å². The maximum Gasteiger partial charge on any atom is 0.0865 e. The molecule has 1 aromatic carbocycles. The Balaban J connectivity index is 2.20. The van der Waals surface area contributed by atoms with Crippen LogP contribution in [0.2, 0.25) is 5.02 Å². The van der Waals surface area contributed by atoms with Crippen molar-refractivity contribution in [2.24, 2.45) is 5.92 Å². The maximum atomic E-state index is 6.19. The Morgan fingerprint density at radius 3 is 3.00 bits per heavy atom. The molecule has 1 aliphatic heterocycles. The SMILES string of the molecule is CNCC1CCCOC1c1ccc(C)c(Cl)c1. The molecular weight excluding hydrogens is 234 g/mol. The molecule has 0 aromatic heterocycles. The molecule has 0 bridgehead atoms. The predicted octanol–water partition coefficient (Wildman–Crippen LogP) is 3.34. The molecule has 0 saturated carbocycles. The number of benzene rings is 1. The van der Waals surface area contributed by atoms with Crippen molar-refractivity contribution in [3.63, 3.8) is 0 Å². The minimum atomic E-state index is 0.189. The summed E-state index contributed by atoms with van der Waals surface area (Å²) in [6.45, 7) is 3.88. The van der Waals surface area contributed by atoms with Gasteiger partial charge in [0.25, 0.3) is 0 Å². The third-order valence-electron chi connectivity index (χ3n) is 3.44. The summed E-state index contributed by atoms with van der Waals surface area (Å²) in [5, 5.41) is 4.08. The fourth-order valence-electron chi connectivity index (χ4n) is 2.47. The van der Waals surface area contributed by atoms with Gasteiger partial charge in [0.15, 0.2) is 0 Å². The summed E-state index contributed by atoms with van der Waals surface area (Å²) < 4.78 is 5.93. The van der Waals surface area contributed by atoms with Gasteiger partial charge in [0.1, 0.15) is 0 Å². The molecular formula is C14H20ClNO. The standard InChI is InChI=1S/C14H20ClNO/c1-10-5-6-11(8-13(10)15)14-12(9-16-2)4-3-7-17-14/h5-6,8,12,14,16H,3-4,7,9H2,1-2H3. The van der Waals surface area contributed by atoms with Crippen molar-refractivity contribution in [1.29, 1.82) is 0 Å². The zero-order valence-electron chi connectivity index (χ0n) is 10.5. The molecule has 0 aliphatic carbocycles. The number of hydrogen-bond acceptors (Lipinski definition) is 2. The molecule has 2 atom stereocenters. The summed E-state index contributed by atoms with van der Waals surface area (Å²) >= 11 is 6.19. The van der Waals surface area contributed by atoms with Gasteiger partial charge in [-0.05, 0) is 44.0 Å². The van der Waals surface area contributed by atoms with Crippen LogP contribution >= 0.6 is 11.6 Å². The summed E-state index contributed by atoms with van der Waals surface area (Å²) in [7, 11) is 1.99. The fourth-order valence-corrected chi connectivity index (χ4v) is 2.66. The Morgan fingerprint density at radius 1 is 1.47 bits per heavy atom. The second-order valence-corrected chi connectivity index (χ2v) is 5.17. The number of halogens is 1. The van der Waals surface area contributed by atoms with Crippen LogP contribution in [0.4, 0.5) is 0 Å². The van der Waals surface area contributed by atoms with E-state index in [1.807, 2.05) is 14.0 Å². The van der Waals surface area contributed by atoms with E-state index in [-0.39, 0.29) is 6.10 Å². The van der Waals surface area contributed by atoms with E-state index in [9.17, 15) is 0 Å². The lowest BCUT2D eigenvalue weighted by Crippen LogP contribution is -2.30. The Hall–Kier alpha value is -0.570. The number of ether oxygens (including phenoxy) is 1. The molecule has 3 heteroatoms. The van der Waals surface area contributed by atoms with Crippen molar-refractivity contribution in [3.8, 4) is 0 Å². The molecule has 0 amide bonds. The Kier molecular flexibility index (Phi) is 4.43. The van der Waals surface area contributed by atoms with E-state index < -0.39 is 0 Å². The topological polar surface area (TPSA) is 21.3 Å². The van der Waals surface area contributed by atoms with Crippen LogP contribution < -0.4 is 5.32 Å². The van der Waals surface area contributed by atoms with Crippen LogP contribution in [-0.2, 0) is 4.74 Å². The molecule has 2 unspecified atom stereocenters. The van der Waals surface area contributed by atoms with Gasteiger partial charge in [0.05, 0.1) is 6.10 Å². The average Bonchev–Trinajstić information content (AvgIpc) is 2.34. The molecule has 1 saturated heterocycles. The zero-order chi connectivity index (χ0) is 12.3. The Labute approximate surface area is 108 Å². The van der Waals surface area contributed by atoms with Crippen molar-refractivity contribution in [2.45, 2.75) is 25.9 Å². The van der Waals surface area contributed by atoms with E-state index in [1.165, 1.54) is 12.0 Å². The summed E-state index contributed by atoms with van der Waals surface area (Å²) in [4.78, 5) is 0. The van der Waals surface area contributed by atoms with Crippen molar-refractivity contribution in [3.05, 3.63) is 34.3 Å². The lowest BCUT2D eigenvalue weighted by Gasteiger charge is -2.32. The number of hydrogen-bond donors (Lipinski definition) is 1. The second-order valence-electron chi connectivity index (χ2n) is 4.76. The van der Waals surface area contributed by atoms with Gasteiger partial charge in [0, 0.05) is 24.1 Å². The smallest absolute Gasteiger partial charge is 0.0865 e. The molecule has 1 aliphatic rings. The average molecular weight is 254 g/mol. The Bertz CT molecular complexity index is 378. The molecule has 1 heterocycles. The highest BCUT2D eigenvalue weighted by atomic mass is 35.5. The first-order valence-electron chi connectivity index (χ1n) is 6.24. The van der Waals surface area contributed by atoms with Gasteiger partial charge in [-0.3, -0.25) is 0 Å². The summed E-state index contributed by atoms with van der Waals surface area (Å²) in [6, 6.07) is 6.27. The van der Waals surface area contributed by atoms with Gasteiger partial charge in [-0.2, -0.15) is 0 Å². The van der Waals surface area contributed by atoms with E-state index in [0.717, 1.165) is 30.2 Å². The largest absolute Gasteiger partial charge is 0.373 e. The number of nitrogens with one attached hydrogen (secondary N) is 1. The van der Waals surface area contributed by atoms with Gasteiger partial charge < -0.3 is 10.1 Å². The molecule has 1 N–H and O–H groups in total. The van der Waals surface area contributed by atoms with E-state index >= 15 is 0 Å². The third-order valence-corrected chi connectivity index (χ3v) is 3.84. The molecule has 2 rings (SSSR count). The molecule has 94 valence electrons. The number of aryl methyl sites for hydroxylation is 1. The highest BCUT2D eigenvalue weighted by molar-refractivity contribution is 6.31. The molecule has 2 nitrogen and oxygen atoms in total. The summed E-state index contributed by atoms with van der Waals surface area (Å²) in [5.41, 5.74) is 2.33. The summed E-state index contributed by atoms with van der Waals surface area (Å²) in [5.74, 6) is 0.549. The lowest BCUT2D eigenvalue weighted by molar-refractivity contribution is -0.0272. The fraction of sp³-hybridized carbons (Fsp3) is 0.571. The first-order valence-corrected chi connectivity index (χ1v) is 6.62. The normalized spacial score (nSPS) is 24.9. The van der Waals surface area contributed by atoms with Crippen molar-refractivity contribution < 1.29 is 4.74 Å². The predicted molar refractivity (Wildman–Crippen MR) is 71.5 cm³/mol. The van der Waals surface area contributed by atoms with Crippen molar-refractivity contribution in [2.75, 3.05) is 20.2 Å². The first kappa shape index (κ1) is 12.9. The monoisotopic (exact) mass is 253 g/mol. The van der Waals surface area contributed by atoms with Crippen LogP contribution in [-0.4, -0.2) is 20.2 Å². The molecule has 1 fully saturated rings. The summed E-state index contributed by atoms with van der Waals surface area (Å²) in [6.07, 6.45) is 2.56. The van der Waals surface area contributed by atoms with Gasteiger partial charge in [-0.15, -0.1) is 0 Å². The van der Waals surface area contributed by atoms with Crippen LogP contribution in [0, 0.1) is 12.8 Å². The van der Waals surface area contributed by atoms with Crippen LogP contribution in [0.5, 0.6) is 0 Å². The zero-order valence-corrected chi connectivity index (χ0v) is 11.3. The molecule has 1 aromatic rings.